The fraction of sp³-hybridized carbons (Fsp3) is 0.400. The van der Waals surface area contributed by atoms with Gasteiger partial charge in [0.1, 0.15) is 5.82 Å². The molecule has 18 heavy (non-hydrogen) atoms. The smallest absolute Gasteiger partial charge is 0.143 e. The summed E-state index contributed by atoms with van der Waals surface area (Å²) in [6.07, 6.45) is 0.993. The van der Waals surface area contributed by atoms with Crippen molar-refractivity contribution in [1.29, 1.82) is 0 Å². The zero-order valence-corrected chi connectivity index (χ0v) is 12.3. The summed E-state index contributed by atoms with van der Waals surface area (Å²) < 4.78 is 13.4. The molecule has 0 fully saturated rings. The lowest BCUT2D eigenvalue weighted by molar-refractivity contribution is 0.628. The van der Waals surface area contributed by atoms with Crippen LogP contribution in [0.15, 0.2) is 28.3 Å². The normalized spacial score (nSPS) is 13.6. The van der Waals surface area contributed by atoms with Gasteiger partial charge in [0.05, 0.1) is 10.7 Å². The minimum Gasteiger partial charge on any atom is -0.253 e. The molecule has 0 aromatic heterocycles. The summed E-state index contributed by atoms with van der Waals surface area (Å²) in [5.74, 6) is -0.428. The Labute approximate surface area is 113 Å². The largest absolute Gasteiger partial charge is 0.253 e. The summed E-state index contributed by atoms with van der Waals surface area (Å²) in [5.41, 5.74) is 4.88. The Morgan fingerprint density at radius 1 is 1.28 bits per heavy atom. The van der Waals surface area contributed by atoms with E-state index in [1.165, 1.54) is 11.6 Å². The molecule has 1 aromatic carbocycles. The maximum atomic E-state index is 13.4. The summed E-state index contributed by atoms with van der Waals surface area (Å²) >= 11 is 5.73. The summed E-state index contributed by atoms with van der Waals surface area (Å²) in [5, 5.41) is 0.140. The molecule has 0 bridgehead atoms. The molecule has 0 aliphatic carbocycles. The molecule has 0 saturated heterocycles. The van der Waals surface area contributed by atoms with E-state index in [9.17, 15) is 4.39 Å². The summed E-state index contributed by atoms with van der Waals surface area (Å²) in [4.78, 5) is 4.49. The number of halogens is 2. The van der Waals surface area contributed by atoms with Gasteiger partial charge in [-0.25, -0.2) is 4.39 Å². The maximum Gasteiger partial charge on any atom is 0.143 e. The van der Waals surface area contributed by atoms with Crippen LogP contribution in [-0.4, -0.2) is 5.71 Å². The van der Waals surface area contributed by atoms with Crippen LogP contribution in [0.1, 0.15) is 39.7 Å². The molecule has 0 saturated carbocycles. The van der Waals surface area contributed by atoms with Crippen molar-refractivity contribution in [2.45, 2.75) is 41.0 Å². The van der Waals surface area contributed by atoms with Gasteiger partial charge in [0.25, 0.3) is 0 Å². The third kappa shape index (κ3) is 3.42. The van der Waals surface area contributed by atoms with Gasteiger partial charge in [-0.2, -0.15) is 0 Å². The Morgan fingerprint density at radius 3 is 2.44 bits per heavy atom. The van der Waals surface area contributed by atoms with Crippen LogP contribution in [0.25, 0.3) is 0 Å². The molecule has 0 amide bonds. The highest BCUT2D eigenvalue weighted by Gasteiger charge is 2.06. The SMILES string of the molecule is CCC(C)=C(C)C(C)=Nc1cc(F)c(Cl)cc1C. The van der Waals surface area contributed by atoms with E-state index >= 15 is 0 Å². The fourth-order valence-electron chi connectivity index (χ4n) is 1.59. The number of aliphatic imine (C=N–C) groups is 1. The molecule has 0 aliphatic heterocycles. The van der Waals surface area contributed by atoms with Crippen molar-refractivity contribution in [2.24, 2.45) is 4.99 Å². The van der Waals surface area contributed by atoms with Crippen LogP contribution in [0, 0.1) is 12.7 Å². The first-order valence-electron chi connectivity index (χ1n) is 6.04. The van der Waals surface area contributed by atoms with Crippen LogP contribution < -0.4 is 0 Å². The van der Waals surface area contributed by atoms with Crippen LogP contribution >= 0.6 is 11.6 Å². The van der Waals surface area contributed by atoms with Crippen LogP contribution in [0.3, 0.4) is 0 Å². The van der Waals surface area contributed by atoms with E-state index in [0.29, 0.717) is 5.69 Å². The quantitative estimate of drug-likeness (QED) is 0.630. The van der Waals surface area contributed by atoms with Crippen molar-refractivity contribution < 1.29 is 4.39 Å². The molecule has 0 radical (unpaired) electrons. The molecular weight excluding hydrogens is 249 g/mol. The van der Waals surface area contributed by atoms with Crippen molar-refractivity contribution in [3.8, 4) is 0 Å². The van der Waals surface area contributed by atoms with Crippen LogP contribution in [-0.2, 0) is 0 Å². The van der Waals surface area contributed by atoms with E-state index in [1.807, 2.05) is 20.8 Å². The predicted molar refractivity (Wildman–Crippen MR) is 77.6 cm³/mol. The topological polar surface area (TPSA) is 12.4 Å². The lowest BCUT2D eigenvalue weighted by atomic mass is 10.1. The second-order valence-corrected chi connectivity index (χ2v) is 4.92. The maximum absolute atomic E-state index is 13.4. The molecule has 1 aromatic rings. The first kappa shape index (κ1) is 14.9. The van der Waals surface area contributed by atoms with E-state index in [4.69, 9.17) is 11.6 Å². The number of rotatable bonds is 3. The van der Waals surface area contributed by atoms with Crippen molar-refractivity contribution >= 4 is 23.0 Å². The molecule has 98 valence electrons. The number of benzene rings is 1. The average molecular weight is 268 g/mol. The minimum absolute atomic E-state index is 0.140. The van der Waals surface area contributed by atoms with E-state index in [2.05, 4.69) is 18.8 Å². The van der Waals surface area contributed by atoms with Crippen molar-refractivity contribution in [2.75, 3.05) is 0 Å². The van der Waals surface area contributed by atoms with Gasteiger partial charge >= 0.3 is 0 Å². The Hall–Kier alpha value is -1.15. The highest BCUT2D eigenvalue weighted by molar-refractivity contribution is 6.30. The van der Waals surface area contributed by atoms with Crippen molar-refractivity contribution in [3.63, 3.8) is 0 Å². The molecule has 0 heterocycles. The monoisotopic (exact) mass is 267 g/mol. The van der Waals surface area contributed by atoms with Gasteiger partial charge in [-0.05, 0) is 51.3 Å². The lowest BCUT2D eigenvalue weighted by Gasteiger charge is -2.08. The van der Waals surface area contributed by atoms with Gasteiger partial charge in [0.15, 0.2) is 0 Å². The van der Waals surface area contributed by atoms with Gasteiger partial charge in [-0.15, -0.1) is 0 Å². The van der Waals surface area contributed by atoms with Crippen molar-refractivity contribution in [3.05, 3.63) is 39.7 Å². The molecular formula is C15H19ClFN. The van der Waals surface area contributed by atoms with Crippen LogP contribution in [0.5, 0.6) is 0 Å². The number of hydrogen-bond acceptors (Lipinski definition) is 1. The summed E-state index contributed by atoms with van der Waals surface area (Å²) in [6, 6.07) is 2.99. The highest BCUT2D eigenvalue weighted by Crippen LogP contribution is 2.26. The Balaban J connectivity index is 3.22. The Kier molecular flexibility index (Phi) is 5.09. The highest BCUT2D eigenvalue weighted by atomic mass is 35.5. The molecule has 0 aliphatic rings. The zero-order chi connectivity index (χ0) is 13.9. The first-order valence-corrected chi connectivity index (χ1v) is 6.42. The van der Waals surface area contributed by atoms with E-state index in [0.717, 1.165) is 23.3 Å². The molecule has 3 heteroatoms. The molecule has 0 spiro atoms. The summed E-state index contributed by atoms with van der Waals surface area (Å²) in [6.45, 7) is 10.1. The minimum atomic E-state index is -0.428. The van der Waals surface area contributed by atoms with Gasteiger partial charge in [-0.3, -0.25) is 4.99 Å². The predicted octanol–water partition coefficient (Wildman–Crippen LogP) is 5.63. The fourth-order valence-corrected chi connectivity index (χ4v) is 1.81. The third-order valence-electron chi connectivity index (χ3n) is 3.24. The van der Waals surface area contributed by atoms with Gasteiger partial charge in [0, 0.05) is 11.8 Å². The second-order valence-electron chi connectivity index (χ2n) is 4.51. The number of allylic oxidation sites excluding steroid dienone is 2. The van der Waals surface area contributed by atoms with Crippen molar-refractivity contribution in [1.82, 2.24) is 0 Å². The second kappa shape index (κ2) is 6.14. The van der Waals surface area contributed by atoms with Gasteiger partial charge < -0.3 is 0 Å². The average Bonchev–Trinajstić information content (AvgIpc) is 2.33. The summed E-state index contributed by atoms with van der Waals surface area (Å²) in [7, 11) is 0. The van der Waals surface area contributed by atoms with E-state index in [1.54, 1.807) is 6.07 Å². The molecule has 0 atom stereocenters. The molecule has 0 unspecified atom stereocenters. The van der Waals surface area contributed by atoms with E-state index in [-0.39, 0.29) is 5.02 Å². The van der Waals surface area contributed by atoms with Crippen LogP contribution in [0.2, 0.25) is 5.02 Å². The Bertz CT molecular complexity index is 515. The first-order chi connectivity index (χ1) is 8.36. The van der Waals surface area contributed by atoms with Crippen LogP contribution in [0.4, 0.5) is 10.1 Å². The Morgan fingerprint density at radius 2 is 1.89 bits per heavy atom. The number of aryl methyl sites for hydroxylation is 1. The van der Waals surface area contributed by atoms with E-state index < -0.39 is 5.82 Å². The molecule has 0 N–H and O–H groups in total. The van der Waals surface area contributed by atoms with Gasteiger partial charge in [0.2, 0.25) is 0 Å². The molecule has 1 nitrogen and oxygen atoms in total. The zero-order valence-electron chi connectivity index (χ0n) is 11.6. The third-order valence-corrected chi connectivity index (χ3v) is 3.53. The molecule has 1 rings (SSSR count). The lowest BCUT2D eigenvalue weighted by Crippen LogP contribution is -1.97. The number of hydrogen-bond donors (Lipinski definition) is 0. The standard InChI is InChI=1S/C15H19ClFN/c1-6-9(2)11(4)12(5)18-15-8-14(17)13(16)7-10(15)3/h7-8H,6H2,1-5H3. The van der Waals surface area contributed by atoms with Gasteiger partial charge in [-0.1, -0.05) is 24.1 Å². The number of nitrogens with zero attached hydrogens (tertiary/aromatic N) is 1.